The van der Waals surface area contributed by atoms with Gasteiger partial charge in [-0.15, -0.1) is 22.7 Å². The molecule has 5 heteroatoms. The zero-order chi connectivity index (χ0) is 16.1. The summed E-state index contributed by atoms with van der Waals surface area (Å²) in [5.74, 6) is 0. The first-order chi connectivity index (χ1) is 11.2. The molecule has 2 heterocycles. The van der Waals surface area contributed by atoms with Crippen molar-refractivity contribution < 1.29 is 0 Å². The van der Waals surface area contributed by atoms with E-state index in [1.165, 1.54) is 10.4 Å². The molecule has 0 fully saturated rings. The van der Waals surface area contributed by atoms with Crippen molar-refractivity contribution in [1.29, 1.82) is 0 Å². The highest BCUT2D eigenvalue weighted by atomic mass is 32.1. The Morgan fingerprint density at radius 1 is 1.09 bits per heavy atom. The molecule has 1 aromatic carbocycles. The van der Waals surface area contributed by atoms with Crippen LogP contribution in [-0.2, 0) is 6.54 Å². The van der Waals surface area contributed by atoms with Gasteiger partial charge < -0.3 is 10.2 Å². The predicted molar refractivity (Wildman–Crippen MR) is 100 cm³/mol. The third-order valence-electron chi connectivity index (χ3n) is 3.73. The molecule has 0 aliphatic rings. The summed E-state index contributed by atoms with van der Waals surface area (Å²) in [6.07, 6.45) is 0. The van der Waals surface area contributed by atoms with E-state index in [1.54, 1.807) is 11.3 Å². The third kappa shape index (κ3) is 4.26. The monoisotopic (exact) mass is 343 g/mol. The Balaban J connectivity index is 1.57. The van der Waals surface area contributed by atoms with E-state index < -0.39 is 0 Å². The Bertz CT molecular complexity index is 705. The average molecular weight is 344 g/mol. The zero-order valence-electron chi connectivity index (χ0n) is 13.4. The van der Waals surface area contributed by atoms with Crippen LogP contribution >= 0.6 is 22.7 Å². The Kier molecular flexibility index (Phi) is 5.56. The van der Waals surface area contributed by atoms with Gasteiger partial charge in [-0.05, 0) is 25.5 Å². The molecule has 0 amide bonds. The lowest BCUT2D eigenvalue weighted by Crippen LogP contribution is -2.30. The largest absolute Gasteiger partial charge is 0.309 e. The van der Waals surface area contributed by atoms with Gasteiger partial charge in [0.05, 0.1) is 11.7 Å². The van der Waals surface area contributed by atoms with Gasteiger partial charge in [-0.2, -0.15) is 0 Å². The summed E-state index contributed by atoms with van der Waals surface area (Å²) < 4.78 is 0. The van der Waals surface area contributed by atoms with Crippen LogP contribution in [0, 0.1) is 0 Å². The van der Waals surface area contributed by atoms with Crippen molar-refractivity contribution >= 4 is 22.7 Å². The van der Waals surface area contributed by atoms with Gasteiger partial charge in [0.2, 0.25) is 0 Å². The van der Waals surface area contributed by atoms with E-state index >= 15 is 0 Å². The molecule has 1 N–H and O–H groups in total. The average Bonchev–Trinajstić information content (AvgIpc) is 3.24. The summed E-state index contributed by atoms with van der Waals surface area (Å²) in [6, 6.07) is 15.1. The molecule has 2 aromatic heterocycles. The number of thiophene rings is 1. The standard InChI is InChI=1S/C18H21N3S2/c1-21(2)16(17-9-6-10-22-17)11-19-12-18-20-15(13-23-18)14-7-4-3-5-8-14/h3-10,13,16,19H,11-12H2,1-2H3. The third-order valence-corrected chi connectivity index (χ3v) is 5.55. The Labute approximate surface area is 145 Å². The molecule has 0 saturated carbocycles. The maximum absolute atomic E-state index is 4.73. The second-order valence-corrected chi connectivity index (χ2v) is 7.54. The maximum Gasteiger partial charge on any atom is 0.107 e. The minimum absolute atomic E-state index is 0.406. The first-order valence-electron chi connectivity index (χ1n) is 7.64. The van der Waals surface area contributed by atoms with Gasteiger partial charge in [0.15, 0.2) is 0 Å². The quantitative estimate of drug-likeness (QED) is 0.694. The van der Waals surface area contributed by atoms with Crippen LogP contribution in [0.2, 0.25) is 0 Å². The number of nitrogens with one attached hydrogen (secondary N) is 1. The van der Waals surface area contributed by atoms with Gasteiger partial charge in [-0.3, -0.25) is 0 Å². The van der Waals surface area contributed by atoms with Crippen LogP contribution in [0.25, 0.3) is 11.3 Å². The number of rotatable bonds is 7. The molecule has 0 spiro atoms. The van der Waals surface area contributed by atoms with Gasteiger partial charge in [0, 0.05) is 28.9 Å². The summed E-state index contributed by atoms with van der Waals surface area (Å²) in [4.78, 5) is 8.38. The zero-order valence-corrected chi connectivity index (χ0v) is 15.0. The van der Waals surface area contributed by atoms with Crippen LogP contribution < -0.4 is 5.32 Å². The molecular weight excluding hydrogens is 322 g/mol. The van der Waals surface area contributed by atoms with Crippen molar-refractivity contribution in [2.45, 2.75) is 12.6 Å². The summed E-state index contributed by atoms with van der Waals surface area (Å²) in [5, 5.41) is 8.95. The Hall–Kier alpha value is -1.53. The smallest absolute Gasteiger partial charge is 0.107 e. The first kappa shape index (κ1) is 16.3. The number of likely N-dealkylation sites (N-methyl/N-ethyl adjacent to an activating group) is 1. The van der Waals surface area contributed by atoms with Crippen LogP contribution in [0.3, 0.4) is 0 Å². The molecule has 23 heavy (non-hydrogen) atoms. The van der Waals surface area contributed by atoms with Gasteiger partial charge in [-0.1, -0.05) is 36.4 Å². The van der Waals surface area contributed by atoms with Crippen LogP contribution in [0.4, 0.5) is 0 Å². The summed E-state index contributed by atoms with van der Waals surface area (Å²) in [6.45, 7) is 1.74. The maximum atomic E-state index is 4.73. The van der Waals surface area contributed by atoms with E-state index in [0.717, 1.165) is 23.8 Å². The van der Waals surface area contributed by atoms with Crippen molar-refractivity contribution in [3.63, 3.8) is 0 Å². The summed E-state index contributed by atoms with van der Waals surface area (Å²) >= 11 is 3.53. The minimum atomic E-state index is 0.406. The predicted octanol–water partition coefficient (Wildman–Crippen LogP) is 4.26. The Morgan fingerprint density at radius 2 is 1.91 bits per heavy atom. The number of nitrogens with zero attached hydrogens (tertiary/aromatic N) is 2. The van der Waals surface area contributed by atoms with Crippen LogP contribution in [0.15, 0.2) is 53.2 Å². The fourth-order valence-corrected chi connectivity index (χ4v) is 4.16. The van der Waals surface area contributed by atoms with Crippen molar-refractivity contribution in [2.75, 3.05) is 20.6 Å². The van der Waals surface area contributed by atoms with E-state index in [1.807, 2.05) is 17.4 Å². The highest BCUT2D eigenvalue weighted by Gasteiger charge is 2.14. The SMILES string of the molecule is CN(C)C(CNCc1nc(-c2ccccc2)cs1)c1cccs1. The van der Waals surface area contributed by atoms with E-state index in [4.69, 9.17) is 4.98 Å². The molecule has 1 unspecified atom stereocenters. The number of aromatic nitrogens is 1. The fourth-order valence-electron chi connectivity index (χ4n) is 2.47. The highest BCUT2D eigenvalue weighted by Crippen LogP contribution is 2.23. The molecule has 0 aliphatic heterocycles. The molecule has 3 aromatic rings. The van der Waals surface area contributed by atoms with Crippen LogP contribution in [0.5, 0.6) is 0 Å². The summed E-state index contributed by atoms with van der Waals surface area (Å²) in [5.41, 5.74) is 2.24. The normalized spacial score (nSPS) is 12.7. The van der Waals surface area contributed by atoms with Gasteiger partial charge in [0.25, 0.3) is 0 Å². The fraction of sp³-hybridized carbons (Fsp3) is 0.278. The minimum Gasteiger partial charge on any atom is -0.309 e. The number of benzene rings is 1. The lowest BCUT2D eigenvalue weighted by Gasteiger charge is -2.23. The van der Waals surface area contributed by atoms with E-state index in [0.29, 0.717) is 6.04 Å². The van der Waals surface area contributed by atoms with Crippen LogP contribution in [0.1, 0.15) is 15.9 Å². The van der Waals surface area contributed by atoms with E-state index in [2.05, 4.69) is 71.5 Å². The van der Waals surface area contributed by atoms with E-state index in [9.17, 15) is 0 Å². The molecule has 0 saturated heterocycles. The van der Waals surface area contributed by atoms with Gasteiger partial charge in [0.1, 0.15) is 5.01 Å². The summed E-state index contributed by atoms with van der Waals surface area (Å²) in [7, 11) is 4.26. The lowest BCUT2D eigenvalue weighted by molar-refractivity contribution is 0.292. The number of hydrogen-bond donors (Lipinski definition) is 1. The van der Waals surface area contributed by atoms with Gasteiger partial charge in [-0.25, -0.2) is 4.98 Å². The molecule has 0 aliphatic carbocycles. The van der Waals surface area contributed by atoms with Crippen molar-refractivity contribution in [3.8, 4) is 11.3 Å². The van der Waals surface area contributed by atoms with E-state index in [-0.39, 0.29) is 0 Å². The first-order valence-corrected chi connectivity index (χ1v) is 9.40. The second-order valence-electron chi connectivity index (χ2n) is 5.62. The van der Waals surface area contributed by atoms with Crippen molar-refractivity contribution in [3.05, 3.63) is 63.1 Å². The molecular formula is C18H21N3S2. The molecule has 0 bridgehead atoms. The number of thiazole rings is 1. The molecule has 0 radical (unpaired) electrons. The highest BCUT2D eigenvalue weighted by molar-refractivity contribution is 7.10. The van der Waals surface area contributed by atoms with Crippen molar-refractivity contribution in [2.24, 2.45) is 0 Å². The molecule has 3 nitrogen and oxygen atoms in total. The lowest BCUT2D eigenvalue weighted by atomic mass is 10.2. The van der Waals surface area contributed by atoms with Gasteiger partial charge >= 0.3 is 0 Å². The molecule has 1 atom stereocenters. The number of hydrogen-bond acceptors (Lipinski definition) is 5. The van der Waals surface area contributed by atoms with Crippen molar-refractivity contribution in [1.82, 2.24) is 15.2 Å². The molecule has 120 valence electrons. The Morgan fingerprint density at radius 3 is 2.61 bits per heavy atom. The van der Waals surface area contributed by atoms with Crippen LogP contribution in [-0.4, -0.2) is 30.5 Å². The second kappa shape index (κ2) is 7.84. The molecule has 3 rings (SSSR count). The topological polar surface area (TPSA) is 28.2 Å².